The number of aliphatic carboxylic acids is 1. The van der Waals surface area contributed by atoms with Crippen LogP contribution in [0.25, 0.3) is 11.1 Å². The summed E-state index contributed by atoms with van der Waals surface area (Å²) in [6.07, 6.45) is 5.08. The second kappa shape index (κ2) is 9.32. The van der Waals surface area contributed by atoms with Gasteiger partial charge in [0, 0.05) is 24.7 Å². The van der Waals surface area contributed by atoms with Crippen LogP contribution in [-0.2, 0) is 22.4 Å². The molecule has 9 nitrogen and oxygen atoms in total. The molecule has 1 unspecified atom stereocenters. The standard InChI is InChI=1S/C25H28N4O5/c30-22(31)14-20(17-7-9-19-21(13-17)34-25(33)28-19)29-12-10-16(24(29)32)3-1-5-18-8-6-15-4-2-11-26-23(15)27-18/h6-9,13,16,20H,1-5,10-12,14H2,(H,26,27)(H,28,33)(H,30,31)/t16?,20-/m0/s1. The van der Waals surface area contributed by atoms with Gasteiger partial charge in [-0.1, -0.05) is 12.1 Å². The first-order valence-corrected chi connectivity index (χ1v) is 11.9. The van der Waals surface area contributed by atoms with E-state index in [9.17, 15) is 19.5 Å². The van der Waals surface area contributed by atoms with Crippen molar-refractivity contribution in [1.29, 1.82) is 0 Å². The summed E-state index contributed by atoms with van der Waals surface area (Å²) < 4.78 is 5.13. The van der Waals surface area contributed by atoms with E-state index in [1.54, 1.807) is 23.1 Å². The van der Waals surface area contributed by atoms with Crippen molar-refractivity contribution >= 4 is 28.8 Å². The number of carboxylic acid groups (broad SMARTS) is 1. The molecule has 5 rings (SSSR count). The van der Waals surface area contributed by atoms with Crippen molar-refractivity contribution in [2.24, 2.45) is 5.92 Å². The van der Waals surface area contributed by atoms with Crippen LogP contribution in [0.2, 0.25) is 0 Å². The highest BCUT2D eigenvalue weighted by molar-refractivity contribution is 5.82. The zero-order chi connectivity index (χ0) is 23.7. The molecule has 2 atom stereocenters. The summed E-state index contributed by atoms with van der Waals surface area (Å²) in [5, 5.41) is 12.9. The Balaban J connectivity index is 1.25. The molecule has 0 saturated carbocycles. The maximum absolute atomic E-state index is 13.2. The normalized spacial score (nSPS) is 18.6. The number of rotatable bonds is 8. The SMILES string of the molecule is O=C(O)C[C@@H](c1ccc2[nH]c(=O)oc2c1)N1CCC(CCCc2ccc3c(n2)NCCC3)C1=O. The van der Waals surface area contributed by atoms with Crippen LogP contribution in [0.1, 0.15) is 55.0 Å². The van der Waals surface area contributed by atoms with E-state index in [2.05, 4.69) is 22.4 Å². The number of nitrogens with one attached hydrogen (secondary N) is 2. The summed E-state index contributed by atoms with van der Waals surface area (Å²) in [5.41, 5.74) is 3.84. The van der Waals surface area contributed by atoms with Crippen LogP contribution in [0.4, 0.5) is 5.82 Å². The van der Waals surface area contributed by atoms with Crippen molar-refractivity contribution < 1.29 is 19.1 Å². The lowest BCUT2D eigenvalue weighted by Crippen LogP contribution is -2.33. The molecule has 1 saturated heterocycles. The van der Waals surface area contributed by atoms with Gasteiger partial charge in [0.05, 0.1) is 18.0 Å². The number of likely N-dealkylation sites (tertiary alicyclic amines) is 1. The van der Waals surface area contributed by atoms with Gasteiger partial charge < -0.3 is 19.7 Å². The number of hydrogen-bond donors (Lipinski definition) is 3. The number of aromatic amines is 1. The highest BCUT2D eigenvalue weighted by atomic mass is 16.4. The molecule has 1 amide bonds. The van der Waals surface area contributed by atoms with Crippen LogP contribution in [0.15, 0.2) is 39.5 Å². The maximum atomic E-state index is 13.2. The Hall–Kier alpha value is -3.62. The van der Waals surface area contributed by atoms with E-state index in [0.717, 1.165) is 50.2 Å². The van der Waals surface area contributed by atoms with E-state index in [0.29, 0.717) is 29.6 Å². The molecular weight excluding hydrogens is 436 g/mol. The summed E-state index contributed by atoms with van der Waals surface area (Å²) >= 11 is 0. The lowest BCUT2D eigenvalue weighted by molar-refractivity contribution is -0.140. The van der Waals surface area contributed by atoms with Crippen molar-refractivity contribution in [3.63, 3.8) is 0 Å². The molecule has 2 aromatic heterocycles. The van der Waals surface area contributed by atoms with Gasteiger partial charge in [-0.25, -0.2) is 9.78 Å². The van der Waals surface area contributed by atoms with E-state index < -0.39 is 17.8 Å². The number of carboxylic acids is 1. The van der Waals surface area contributed by atoms with Crippen molar-refractivity contribution in [2.75, 3.05) is 18.4 Å². The Labute approximate surface area is 196 Å². The molecule has 0 bridgehead atoms. The van der Waals surface area contributed by atoms with Gasteiger partial charge in [0.15, 0.2) is 5.58 Å². The van der Waals surface area contributed by atoms with Gasteiger partial charge in [-0.2, -0.15) is 0 Å². The minimum absolute atomic E-state index is 0.0121. The number of anilines is 1. The van der Waals surface area contributed by atoms with Gasteiger partial charge in [0.1, 0.15) is 5.82 Å². The Morgan fingerprint density at radius 2 is 2.15 bits per heavy atom. The largest absolute Gasteiger partial charge is 0.481 e. The van der Waals surface area contributed by atoms with Crippen molar-refractivity contribution in [3.8, 4) is 0 Å². The van der Waals surface area contributed by atoms with Crippen LogP contribution in [0.3, 0.4) is 0 Å². The van der Waals surface area contributed by atoms with Crippen LogP contribution in [-0.4, -0.2) is 44.9 Å². The molecule has 0 radical (unpaired) electrons. The van der Waals surface area contributed by atoms with E-state index in [1.807, 2.05) is 0 Å². The zero-order valence-corrected chi connectivity index (χ0v) is 18.9. The number of carbonyl (C=O) groups excluding carboxylic acids is 1. The lowest BCUT2D eigenvalue weighted by atomic mass is 9.98. The van der Waals surface area contributed by atoms with Crippen molar-refractivity contribution in [1.82, 2.24) is 14.9 Å². The molecule has 2 aliphatic heterocycles. The summed E-state index contributed by atoms with van der Waals surface area (Å²) in [5.74, 6) is -0.700. The van der Waals surface area contributed by atoms with Gasteiger partial charge in [-0.15, -0.1) is 0 Å². The molecule has 3 N–H and O–H groups in total. The number of fused-ring (bicyclic) bond motifs is 2. The van der Waals surface area contributed by atoms with Crippen LogP contribution >= 0.6 is 0 Å². The van der Waals surface area contributed by atoms with Gasteiger partial charge in [-0.05, 0) is 67.9 Å². The third kappa shape index (κ3) is 4.55. The Morgan fingerprint density at radius 1 is 1.26 bits per heavy atom. The van der Waals surface area contributed by atoms with Gasteiger partial charge >= 0.3 is 11.7 Å². The molecule has 9 heteroatoms. The monoisotopic (exact) mass is 464 g/mol. The number of carbonyl (C=O) groups is 2. The number of aryl methyl sites for hydroxylation is 2. The van der Waals surface area contributed by atoms with Gasteiger partial charge in [0.2, 0.25) is 5.91 Å². The fourth-order valence-electron chi connectivity index (χ4n) is 5.12. The smallest absolute Gasteiger partial charge is 0.417 e. The molecule has 3 aromatic rings. The minimum atomic E-state index is -0.982. The van der Waals surface area contributed by atoms with Gasteiger partial charge in [-0.3, -0.25) is 14.6 Å². The molecule has 1 aromatic carbocycles. The third-order valence-electron chi connectivity index (χ3n) is 6.86. The number of aromatic nitrogens is 2. The topological polar surface area (TPSA) is 129 Å². The van der Waals surface area contributed by atoms with E-state index in [-0.39, 0.29) is 18.2 Å². The molecular formula is C25H28N4O5. The van der Waals surface area contributed by atoms with Crippen LogP contribution in [0.5, 0.6) is 0 Å². The quantitative estimate of drug-likeness (QED) is 0.467. The number of benzene rings is 1. The minimum Gasteiger partial charge on any atom is -0.481 e. The first kappa shape index (κ1) is 22.2. The second-order valence-corrected chi connectivity index (χ2v) is 9.13. The first-order chi connectivity index (χ1) is 16.5. The third-order valence-corrected chi connectivity index (χ3v) is 6.86. The zero-order valence-electron chi connectivity index (χ0n) is 18.9. The molecule has 0 spiro atoms. The average molecular weight is 465 g/mol. The van der Waals surface area contributed by atoms with Crippen LogP contribution in [0, 0.1) is 5.92 Å². The molecule has 4 heterocycles. The predicted molar refractivity (Wildman–Crippen MR) is 126 cm³/mol. The summed E-state index contributed by atoms with van der Waals surface area (Å²) in [6, 6.07) is 8.70. The van der Waals surface area contributed by atoms with Crippen LogP contribution < -0.4 is 11.1 Å². The molecule has 2 aliphatic rings. The highest BCUT2D eigenvalue weighted by Crippen LogP contribution is 2.34. The summed E-state index contributed by atoms with van der Waals surface area (Å²) in [7, 11) is 0. The van der Waals surface area contributed by atoms with E-state index >= 15 is 0 Å². The lowest BCUT2D eigenvalue weighted by Gasteiger charge is -2.27. The molecule has 178 valence electrons. The number of hydrogen-bond acceptors (Lipinski definition) is 6. The highest BCUT2D eigenvalue weighted by Gasteiger charge is 2.37. The number of oxazole rings is 1. The summed E-state index contributed by atoms with van der Waals surface area (Å²) in [4.78, 5) is 45.3. The second-order valence-electron chi connectivity index (χ2n) is 9.13. The Bertz CT molecular complexity index is 1280. The van der Waals surface area contributed by atoms with Crippen molar-refractivity contribution in [2.45, 2.75) is 51.0 Å². The van der Waals surface area contributed by atoms with E-state index in [1.165, 1.54) is 5.56 Å². The number of pyridine rings is 1. The number of H-pyrrole nitrogens is 1. The summed E-state index contributed by atoms with van der Waals surface area (Å²) in [6.45, 7) is 1.47. The predicted octanol–water partition coefficient (Wildman–Crippen LogP) is 3.26. The Morgan fingerprint density at radius 3 is 3.00 bits per heavy atom. The van der Waals surface area contributed by atoms with Crippen molar-refractivity contribution in [3.05, 3.63) is 57.7 Å². The molecule has 1 fully saturated rings. The molecule has 0 aliphatic carbocycles. The average Bonchev–Trinajstić information content (AvgIpc) is 3.38. The fraction of sp³-hybridized carbons (Fsp3) is 0.440. The number of nitrogens with zero attached hydrogens (tertiary/aromatic N) is 2. The number of amides is 1. The molecule has 34 heavy (non-hydrogen) atoms. The fourth-order valence-corrected chi connectivity index (χ4v) is 5.12. The maximum Gasteiger partial charge on any atom is 0.417 e. The van der Waals surface area contributed by atoms with Gasteiger partial charge in [0.25, 0.3) is 0 Å². The van der Waals surface area contributed by atoms with E-state index in [4.69, 9.17) is 9.40 Å². The Kier molecular flexibility index (Phi) is 6.08. The first-order valence-electron chi connectivity index (χ1n) is 11.9.